The molecule has 0 aromatic carbocycles. The Morgan fingerprint density at radius 3 is 1.67 bits per heavy atom. The SMILES string of the molecule is CCCCC/C=C\C/C=C\CCCCCCCC(O)CC(=O)NC(CO)C(O)/C=C/CC/C=C/CCCCCCCCC. The molecule has 4 N–H and O–H groups in total. The van der Waals surface area contributed by atoms with Gasteiger partial charge in [0.15, 0.2) is 0 Å². The summed E-state index contributed by atoms with van der Waals surface area (Å²) >= 11 is 0. The first kappa shape index (κ1) is 41.3. The number of unbranched alkanes of at least 4 members (excludes halogenated alkanes) is 16. The summed E-state index contributed by atoms with van der Waals surface area (Å²) < 4.78 is 0. The molecule has 0 saturated carbocycles. The van der Waals surface area contributed by atoms with Crippen molar-refractivity contribution in [2.75, 3.05) is 6.61 Å². The summed E-state index contributed by atoms with van der Waals surface area (Å²) in [5.41, 5.74) is 0. The number of nitrogens with one attached hydrogen (secondary N) is 1. The van der Waals surface area contributed by atoms with Crippen LogP contribution in [0.3, 0.4) is 0 Å². The van der Waals surface area contributed by atoms with Gasteiger partial charge in [-0.15, -0.1) is 0 Å². The highest BCUT2D eigenvalue weighted by Crippen LogP contribution is 2.12. The molecular weight excluding hydrogens is 534 g/mol. The lowest BCUT2D eigenvalue weighted by atomic mass is 10.0. The predicted molar refractivity (Wildman–Crippen MR) is 185 cm³/mol. The van der Waals surface area contributed by atoms with Crippen LogP contribution in [0.4, 0.5) is 0 Å². The Bertz CT molecular complexity index is 715. The van der Waals surface area contributed by atoms with E-state index in [4.69, 9.17) is 0 Å². The molecule has 1 amide bonds. The molecule has 3 unspecified atom stereocenters. The van der Waals surface area contributed by atoms with E-state index in [9.17, 15) is 20.1 Å². The maximum atomic E-state index is 12.3. The molecule has 0 rings (SSSR count). The molecule has 0 spiro atoms. The van der Waals surface area contributed by atoms with E-state index >= 15 is 0 Å². The molecule has 0 aromatic heterocycles. The van der Waals surface area contributed by atoms with Crippen LogP contribution in [0.5, 0.6) is 0 Å². The number of rotatable bonds is 31. The molecule has 3 atom stereocenters. The second-order valence-corrected chi connectivity index (χ2v) is 12.1. The van der Waals surface area contributed by atoms with Crippen molar-refractivity contribution in [1.82, 2.24) is 5.32 Å². The smallest absolute Gasteiger partial charge is 0.222 e. The van der Waals surface area contributed by atoms with Gasteiger partial charge in [-0.3, -0.25) is 4.79 Å². The minimum absolute atomic E-state index is 0.00564. The van der Waals surface area contributed by atoms with Crippen molar-refractivity contribution >= 4 is 5.91 Å². The number of carbonyl (C=O) groups is 1. The molecule has 5 heteroatoms. The average Bonchev–Trinajstić information content (AvgIpc) is 3.00. The topological polar surface area (TPSA) is 89.8 Å². The molecule has 43 heavy (non-hydrogen) atoms. The van der Waals surface area contributed by atoms with Crippen LogP contribution in [-0.4, -0.2) is 46.1 Å². The van der Waals surface area contributed by atoms with E-state index in [0.29, 0.717) is 6.42 Å². The first-order valence-electron chi connectivity index (χ1n) is 17.9. The zero-order valence-corrected chi connectivity index (χ0v) is 28.1. The highest BCUT2D eigenvalue weighted by atomic mass is 16.3. The number of aliphatic hydroxyl groups is 3. The van der Waals surface area contributed by atoms with Crippen LogP contribution in [0, 0.1) is 0 Å². The van der Waals surface area contributed by atoms with Gasteiger partial charge in [0.25, 0.3) is 0 Å². The highest BCUT2D eigenvalue weighted by molar-refractivity contribution is 5.76. The standard InChI is InChI=1S/C38H69NO4/c1-3-5-7-9-11-13-15-17-18-20-21-23-25-27-29-31-35(41)33-38(43)39-36(34-40)37(42)32-30-28-26-24-22-19-16-14-12-10-8-6-4-2/h11,13,17-18,22,24,30,32,35-37,40-42H,3-10,12,14-16,19-21,23,25-29,31,33-34H2,1-2H3,(H,39,43)/b13-11-,18-17-,24-22+,32-30+. The summed E-state index contributed by atoms with van der Waals surface area (Å²) in [6, 6.07) is -0.764. The first-order chi connectivity index (χ1) is 21.0. The van der Waals surface area contributed by atoms with E-state index in [1.165, 1.54) is 83.5 Å². The Hall–Kier alpha value is -1.69. The van der Waals surface area contributed by atoms with Crippen molar-refractivity contribution in [2.24, 2.45) is 0 Å². The number of aliphatic hydroxyl groups excluding tert-OH is 3. The van der Waals surface area contributed by atoms with Crippen LogP contribution >= 0.6 is 0 Å². The van der Waals surface area contributed by atoms with Gasteiger partial charge in [0.2, 0.25) is 5.91 Å². The second kappa shape index (κ2) is 33.2. The molecule has 0 saturated heterocycles. The van der Waals surface area contributed by atoms with Gasteiger partial charge in [-0.1, -0.05) is 140 Å². The third-order valence-corrected chi connectivity index (χ3v) is 7.84. The van der Waals surface area contributed by atoms with Crippen LogP contribution in [0.25, 0.3) is 0 Å². The van der Waals surface area contributed by atoms with Crippen LogP contribution in [-0.2, 0) is 4.79 Å². The molecule has 0 aromatic rings. The van der Waals surface area contributed by atoms with Gasteiger partial charge in [-0.2, -0.15) is 0 Å². The fourth-order valence-electron chi connectivity index (χ4n) is 5.03. The Labute approximate surface area is 266 Å². The van der Waals surface area contributed by atoms with Gasteiger partial charge < -0.3 is 20.6 Å². The maximum Gasteiger partial charge on any atom is 0.222 e. The normalized spacial score (nSPS) is 14.4. The van der Waals surface area contributed by atoms with Crippen LogP contribution in [0.2, 0.25) is 0 Å². The van der Waals surface area contributed by atoms with Crippen molar-refractivity contribution < 1.29 is 20.1 Å². The summed E-state index contributed by atoms with van der Waals surface area (Å²) in [6.07, 6.45) is 40.8. The lowest BCUT2D eigenvalue weighted by molar-refractivity contribution is -0.124. The third-order valence-electron chi connectivity index (χ3n) is 7.84. The van der Waals surface area contributed by atoms with Gasteiger partial charge in [0.05, 0.1) is 31.3 Å². The molecule has 0 radical (unpaired) electrons. The Kier molecular flexibility index (Phi) is 31.9. The fraction of sp³-hybridized carbons (Fsp3) is 0.763. The molecule has 250 valence electrons. The van der Waals surface area contributed by atoms with Crippen LogP contribution < -0.4 is 5.32 Å². The van der Waals surface area contributed by atoms with Gasteiger partial charge in [-0.25, -0.2) is 0 Å². The predicted octanol–water partition coefficient (Wildman–Crippen LogP) is 9.42. The van der Waals surface area contributed by atoms with Crippen LogP contribution in [0.1, 0.15) is 162 Å². The second-order valence-electron chi connectivity index (χ2n) is 12.1. The van der Waals surface area contributed by atoms with Crippen molar-refractivity contribution in [3.63, 3.8) is 0 Å². The van der Waals surface area contributed by atoms with E-state index in [1.807, 2.05) is 6.08 Å². The number of allylic oxidation sites excluding steroid dienone is 7. The van der Waals surface area contributed by atoms with Gasteiger partial charge in [0, 0.05) is 0 Å². The summed E-state index contributed by atoms with van der Waals surface area (Å²) in [6.45, 7) is 4.13. The molecule has 0 aliphatic carbocycles. The zero-order valence-electron chi connectivity index (χ0n) is 28.1. The third kappa shape index (κ3) is 30.1. The largest absolute Gasteiger partial charge is 0.394 e. The van der Waals surface area contributed by atoms with Gasteiger partial charge >= 0.3 is 0 Å². The molecule has 0 heterocycles. The van der Waals surface area contributed by atoms with E-state index in [1.54, 1.807) is 6.08 Å². The Morgan fingerprint density at radius 2 is 1.07 bits per heavy atom. The van der Waals surface area contributed by atoms with E-state index in [-0.39, 0.29) is 18.9 Å². The van der Waals surface area contributed by atoms with E-state index in [2.05, 4.69) is 55.6 Å². The first-order valence-corrected chi connectivity index (χ1v) is 17.9. The van der Waals surface area contributed by atoms with E-state index < -0.39 is 18.2 Å². The highest BCUT2D eigenvalue weighted by Gasteiger charge is 2.20. The molecule has 0 fully saturated rings. The quantitative estimate of drug-likeness (QED) is 0.0469. The molecular formula is C38H69NO4. The van der Waals surface area contributed by atoms with Crippen molar-refractivity contribution in [1.29, 1.82) is 0 Å². The average molecular weight is 604 g/mol. The monoisotopic (exact) mass is 604 g/mol. The van der Waals surface area contributed by atoms with Crippen molar-refractivity contribution in [3.8, 4) is 0 Å². The van der Waals surface area contributed by atoms with Crippen molar-refractivity contribution in [2.45, 2.75) is 180 Å². The number of carbonyl (C=O) groups excluding carboxylic acids is 1. The minimum atomic E-state index is -0.954. The summed E-state index contributed by atoms with van der Waals surface area (Å²) in [5, 5.41) is 33.0. The number of hydrogen-bond donors (Lipinski definition) is 4. The number of hydrogen-bond acceptors (Lipinski definition) is 4. The van der Waals surface area contributed by atoms with Gasteiger partial charge in [0.1, 0.15) is 0 Å². The summed E-state index contributed by atoms with van der Waals surface area (Å²) in [4.78, 5) is 12.3. The Morgan fingerprint density at radius 1 is 0.605 bits per heavy atom. The number of amides is 1. The van der Waals surface area contributed by atoms with Gasteiger partial charge in [-0.05, 0) is 64.2 Å². The minimum Gasteiger partial charge on any atom is -0.394 e. The molecule has 0 bridgehead atoms. The lowest BCUT2D eigenvalue weighted by Crippen LogP contribution is -2.45. The fourth-order valence-corrected chi connectivity index (χ4v) is 5.03. The molecule has 0 aliphatic heterocycles. The molecule has 0 aliphatic rings. The Balaban J connectivity index is 3.84. The van der Waals surface area contributed by atoms with Crippen molar-refractivity contribution in [3.05, 3.63) is 48.6 Å². The molecule has 5 nitrogen and oxygen atoms in total. The maximum absolute atomic E-state index is 12.3. The van der Waals surface area contributed by atoms with E-state index in [0.717, 1.165) is 51.4 Å². The zero-order chi connectivity index (χ0) is 31.6. The summed E-state index contributed by atoms with van der Waals surface area (Å²) in [5.74, 6) is -0.338. The summed E-state index contributed by atoms with van der Waals surface area (Å²) in [7, 11) is 0. The lowest BCUT2D eigenvalue weighted by Gasteiger charge is -2.20. The van der Waals surface area contributed by atoms with Crippen LogP contribution in [0.15, 0.2) is 48.6 Å².